The van der Waals surface area contributed by atoms with Crippen LogP contribution in [0.5, 0.6) is 28.7 Å². The van der Waals surface area contributed by atoms with E-state index in [1.54, 1.807) is 95.2 Å². The van der Waals surface area contributed by atoms with Crippen LogP contribution in [0.25, 0.3) is 28.2 Å². The molecule has 1 amide bonds. The van der Waals surface area contributed by atoms with Gasteiger partial charge in [0.1, 0.15) is 5.56 Å². The Hall–Kier alpha value is -9.73. The maximum atomic E-state index is 12.2. The molecule has 0 atom stereocenters. The number of unbranched alkanes of at least 4 members (excludes halogenated alkanes) is 1. The number of nitrogens with zero attached hydrogens (tertiary/aromatic N) is 10. The number of nitrogens with one attached hydrogen (secondary N) is 1. The largest absolute Gasteiger partial charge is 0.504 e. The fourth-order valence-corrected chi connectivity index (χ4v) is 7.95. The average Bonchev–Trinajstić information content (AvgIpc) is 3.45. The van der Waals surface area contributed by atoms with E-state index in [0.29, 0.717) is 75.4 Å². The zero-order valence-corrected chi connectivity index (χ0v) is 46.0. The van der Waals surface area contributed by atoms with E-state index in [0.717, 1.165) is 31.2 Å². The van der Waals surface area contributed by atoms with Gasteiger partial charge in [-0.2, -0.15) is 0 Å². The van der Waals surface area contributed by atoms with Crippen LogP contribution in [0.15, 0.2) is 128 Å². The first kappa shape index (κ1) is 59.5. The Morgan fingerprint density at radius 1 is 0.475 bits per heavy atom. The molecule has 6 N–H and O–H groups in total. The highest BCUT2D eigenvalue weighted by Crippen LogP contribution is 2.22. The number of hydrogen-bond acceptors (Lipinski definition) is 16. The quantitative estimate of drug-likeness (QED) is 0.0811. The van der Waals surface area contributed by atoms with Gasteiger partial charge >= 0.3 is 0 Å². The minimum atomic E-state index is -0.487. The number of aromatic hydroxyl groups is 5. The summed E-state index contributed by atoms with van der Waals surface area (Å²) in [5.74, 6) is -0.188. The second-order valence-electron chi connectivity index (χ2n) is 19.0. The van der Waals surface area contributed by atoms with E-state index in [9.17, 15) is 54.3 Å². The van der Waals surface area contributed by atoms with Crippen molar-refractivity contribution in [2.24, 2.45) is 0 Å². The first-order valence-corrected chi connectivity index (χ1v) is 25.9. The third-order valence-corrected chi connectivity index (χ3v) is 12.6. The molecule has 0 aromatic carbocycles. The van der Waals surface area contributed by atoms with Gasteiger partial charge in [-0.25, -0.2) is 24.9 Å². The molecule has 0 saturated heterocycles. The summed E-state index contributed by atoms with van der Waals surface area (Å²) >= 11 is 0. The van der Waals surface area contributed by atoms with Crippen molar-refractivity contribution in [3.63, 3.8) is 0 Å². The third kappa shape index (κ3) is 13.2. The normalized spacial score (nSPS) is 10.8. The molecule has 10 aromatic rings. The predicted octanol–water partition coefficient (Wildman–Crippen LogP) is 6.79. The molecule has 0 fully saturated rings. The number of fused-ring (bicyclic) bond motifs is 5. The lowest BCUT2D eigenvalue weighted by atomic mass is 10.1. The van der Waals surface area contributed by atoms with Crippen LogP contribution < -0.4 is 33.1 Å². The second kappa shape index (κ2) is 26.6. The van der Waals surface area contributed by atoms with E-state index in [2.05, 4.69) is 30.2 Å². The highest BCUT2D eigenvalue weighted by Gasteiger charge is 2.16. The summed E-state index contributed by atoms with van der Waals surface area (Å²) in [4.78, 5) is 91.8. The van der Waals surface area contributed by atoms with Crippen molar-refractivity contribution in [1.82, 2.24) is 52.2 Å². The van der Waals surface area contributed by atoms with Crippen molar-refractivity contribution >= 4 is 34.1 Å². The average molecular weight is 1090 g/mol. The fourth-order valence-electron chi connectivity index (χ4n) is 7.95. The van der Waals surface area contributed by atoms with Crippen molar-refractivity contribution in [1.29, 1.82) is 0 Å². The van der Waals surface area contributed by atoms with E-state index in [-0.39, 0.29) is 68.1 Å². The Morgan fingerprint density at radius 2 is 0.875 bits per heavy atom. The maximum Gasteiger partial charge on any atom is 0.270 e. The molecule has 10 aromatic heterocycles. The Kier molecular flexibility index (Phi) is 19.8. The number of pyridine rings is 5. The molecule has 10 rings (SSSR count). The third-order valence-electron chi connectivity index (χ3n) is 12.6. The number of aryl methyl sites for hydroxylation is 6. The van der Waals surface area contributed by atoms with Gasteiger partial charge in [0.2, 0.25) is 0 Å². The van der Waals surface area contributed by atoms with Gasteiger partial charge in [-0.1, -0.05) is 53.9 Å². The van der Waals surface area contributed by atoms with Crippen molar-refractivity contribution in [3.8, 4) is 28.7 Å². The van der Waals surface area contributed by atoms with Crippen LogP contribution in [0.1, 0.15) is 116 Å². The lowest BCUT2D eigenvalue weighted by Gasteiger charge is -2.07. The summed E-state index contributed by atoms with van der Waals surface area (Å²) in [5.41, 5.74) is 5.04. The number of amides is 1. The molecule has 22 heteroatoms. The first-order chi connectivity index (χ1) is 38.2. The second-order valence-corrected chi connectivity index (χ2v) is 19.0. The van der Waals surface area contributed by atoms with E-state index >= 15 is 0 Å². The van der Waals surface area contributed by atoms with E-state index in [1.807, 2.05) is 34.6 Å². The predicted molar refractivity (Wildman–Crippen MR) is 304 cm³/mol. The number of carbonyl (C=O) groups is 1. The Balaban J connectivity index is 0.000000162. The molecule has 418 valence electrons. The summed E-state index contributed by atoms with van der Waals surface area (Å²) in [6.45, 7) is 17.4. The van der Waals surface area contributed by atoms with Crippen LogP contribution in [0.4, 0.5) is 0 Å². The lowest BCUT2D eigenvalue weighted by molar-refractivity contribution is 0.0951. The van der Waals surface area contributed by atoms with E-state index in [1.165, 1.54) is 58.9 Å². The molecular formula is C58H65N11O11. The molecule has 0 spiro atoms. The van der Waals surface area contributed by atoms with Gasteiger partial charge in [0.15, 0.2) is 57.0 Å². The molecule has 0 saturated carbocycles. The van der Waals surface area contributed by atoms with Crippen LogP contribution in [0, 0.1) is 27.7 Å². The molecule has 10 heterocycles. The van der Waals surface area contributed by atoms with E-state index in [4.69, 9.17) is 0 Å². The van der Waals surface area contributed by atoms with Crippen LogP contribution in [-0.4, -0.2) is 84.9 Å². The van der Waals surface area contributed by atoms with Gasteiger partial charge in [0, 0.05) is 90.8 Å². The van der Waals surface area contributed by atoms with Crippen LogP contribution in [0.3, 0.4) is 0 Å². The monoisotopic (exact) mass is 1090 g/mol. The standard InChI is InChI=1S/C14H17N3O3.C12H14N2O2.2C11H12N2O2.C10H10N2O2/c1-3-4-6-15-13(19)10-8-16-12-11(18)9(2)5-7-17(12)14(10)20;1-3-4-9-7-13-11-10(15)8(2)5-6-14(11)12(9)16;1-7(2)8-6-12-10-9(14)4-3-5-13(10)11(8)15;1-2-4-8-7-12-10-9(14)5-3-6-13(10)11(8)15;1-6-3-4-12-9(8(6)13)11-5-7(2)10(12)14/h5,7-8,18H,3-4,6H2,1-2H3,(H,15,19);5-7,15H,3-4H2,1-2H3;3-7,14H,1-2H3;3,5-7,14H,2,4H2,1H3;3-5,13H,1-2H3. The number of carbonyl (C=O) groups excluding carboxylic acids is 1. The van der Waals surface area contributed by atoms with E-state index < -0.39 is 11.5 Å². The zero-order valence-electron chi connectivity index (χ0n) is 46.0. The Labute approximate surface area is 457 Å². The highest BCUT2D eigenvalue weighted by atomic mass is 16.3. The van der Waals surface area contributed by atoms with Gasteiger partial charge in [-0.3, -0.25) is 50.8 Å². The summed E-state index contributed by atoms with van der Waals surface area (Å²) < 4.78 is 6.66. The topological polar surface area (TPSA) is 302 Å². The first-order valence-electron chi connectivity index (χ1n) is 25.9. The Bertz CT molecular complexity index is 4200. The molecule has 0 unspecified atom stereocenters. The summed E-state index contributed by atoms with van der Waals surface area (Å²) in [5, 5.41) is 51.0. The van der Waals surface area contributed by atoms with Crippen molar-refractivity contribution in [3.05, 3.63) is 201 Å². The number of aromatic nitrogens is 10. The highest BCUT2D eigenvalue weighted by molar-refractivity contribution is 5.93. The number of hydrogen-bond donors (Lipinski definition) is 6. The summed E-state index contributed by atoms with van der Waals surface area (Å²) in [6, 6.07) is 11.3. The smallest absolute Gasteiger partial charge is 0.270 e. The molecular weight excluding hydrogens is 1030 g/mol. The molecule has 0 aliphatic heterocycles. The molecule has 0 aliphatic carbocycles. The maximum absolute atomic E-state index is 12.2. The minimum absolute atomic E-state index is 0.0184. The Morgan fingerprint density at radius 3 is 1.34 bits per heavy atom. The van der Waals surface area contributed by atoms with Crippen molar-refractivity contribution in [2.75, 3.05) is 6.54 Å². The van der Waals surface area contributed by atoms with Gasteiger partial charge in [0.05, 0.1) is 0 Å². The van der Waals surface area contributed by atoms with Crippen LogP contribution in [0.2, 0.25) is 0 Å². The van der Waals surface area contributed by atoms with Gasteiger partial charge in [0.25, 0.3) is 33.7 Å². The molecule has 22 nitrogen and oxygen atoms in total. The molecule has 80 heavy (non-hydrogen) atoms. The van der Waals surface area contributed by atoms with Crippen molar-refractivity contribution in [2.45, 2.75) is 107 Å². The van der Waals surface area contributed by atoms with Crippen molar-refractivity contribution < 1.29 is 30.3 Å². The molecule has 0 radical (unpaired) electrons. The van der Waals surface area contributed by atoms with Crippen LogP contribution in [-0.2, 0) is 12.8 Å². The zero-order chi connectivity index (χ0) is 58.5. The lowest BCUT2D eigenvalue weighted by Crippen LogP contribution is -2.32. The fraction of sp³-hybridized carbons (Fsp3) is 0.293. The number of rotatable bonds is 9. The summed E-state index contributed by atoms with van der Waals surface area (Å²) in [6.07, 6.45) is 20.3. The molecule has 0 aliphatic rings. The van der Waals surface area contributed by atoms with Gasteiger partial charge < -0.3 is 30.8 Å². The van der Waals surface area contributed by atoms with Gasteiger partial charge in [-0.05, 0) is 112 Å². The minimum Gasteiger partial charge on any atom is -0.504 e. The SMILES string of the molecule is CC(C)c1cnc2c(O)cccn2c1=O.CCCCNC(=O)c1cnc2c(O)c(C)ccn2c1=O.CCCc1cnc2c(O)c(C)ccn2c1=O.CCCc1cnc2c(O)cccn2c1=O.Cc1ccn2c(=O)c(C)cnc2c1O. The van der Waals surface area contributed by atoms with Gasteiger partial charge in [-0.15, -0.1) is 0 Å². The molecule has 0 bridgehead atoms. The van der Waals surface area contributed by atoms with Crippen LogP contribution >= 0.6 is 0 Å². The summed E-state index contributed by atoms with van der Waals surface area (Å²) in [7, 11) is 0.